The summed E-state index contributed by atoms with van der Waals surface area (Å²) in [5, 5.41) is 0. The van der Waals surface area contributed by atoms with Crippen LogP contribution in [-0.2, 0) is 20.6 Å². The molecule has 0 bridgehead atoms. The average molecular weight is 383 g/mol. The fraction of sp³-hybridized carbons (Fsp3) is 0.500. The Balaban J connectivity index is 1.50. The van der Waals surface area contributed by atoms with E-state index >= 15 is 0 Å². The molecule has 2 aliphatic rings. The van der Waals surface area contributed by atoms with Crippen molar-refractivity contribution in [1.29, 1.82) is 0 Å². The molecule has 1 aliphatic carbocycles. The van der Waals surface area contributed by atoms with Gasteiger partial charge >= 0.3 is 6.18 Å². The van der Waals surface area contributed by atoms with Crippen LogP contribution in [0.2, 0.25) is 0 Å². The number of amides is 3. The van der Waals surface area contributed by atoms with E-state index in [1.165, 1.54) is 12.1 Å². The van der Waals surface area contributed by atoms with Crippen molar-refractivity contribution in [2.75, 3.05) is 12.0 Å². The van der Waals surface area contributed by atoms with E-state index in [2.05, 4.69) is 10.9 Å². The molecule has 1 heterocycles. The first-order valence-electron chi connectivity index (χ1n) is 8.84. The molecule has 27 heavy (non-hydrogen) atoms. The number of hydrazine groups is 1. The number of halogens is 3. The largest absolute Gasteiger partial charge is 0.416 e. The van der Waals surface area contributed by atoms with Crippen LogP contribution >= 0.6 is 0 Å². The van der Waals surface area contributed by atoms with Gasteiger partial charge in [0.05, 0.1) is 23.1 Å². The van der Waals surface area contributed by atoms with Crippen molar-refractivity contribution < 1.29 is 27.6 Å². The van der Waals surface area contributed by atoms with Crippen molar-refractivity contribution in [3.63, 3.8) is 0 Å². The molecule has 146 valence electrons. The predicted molar refractivity (Wildman–Crippen MR) is 90.0 cm³/mol. The van der Waals surface area contributed by atoms with E-state index in [0.29, 0.717) is 12.8 Å². The summed E-state index contributed by atoms with van der Waals surface area (Å²) in [7, 11) is 0. The van der Waals surface area contributed by atoms with Gasteiger partial charge in [0.15, 0.2) is 0 Å². The first-order valence-corrected chi connectivity index (χ1v) is 8.84. The second kappa shape index (κ2) is 7.58. The Bertz CT molecular complexity index is 727. The first kappa shape index (κ1) is 19.2. The highest BCUT2D eigenvalue weighted by molar-refractivity contribution is 6.05. The molecule has 2 unspecified atom stereocenters. The normalized spacial score (nSPS) is 22.6. The van der Waals surface area contributed by atoms with Crippen LogP contribution < -0.4 is 10.9 Å². The van der Waals surface area contributed by atoms with E-state index in [1.807, 2.05) is 0 Å². The maximum Gasteiger partial charge on any atom is 0.416 e. The van der Waals surface area contributed by atoms with Crippen LogP contribution in [0, 0.1) is 11.8 Å². The van der Waals surface area contributed by atoms with Gasteiger partial charge in [0.1, 0.15) is 0 Å². The van der Waals surface area contributed by atoms with E-state index in [4.69, 9.17) is 0 Å². The summed E-state index contributed by atoms with van der Waals surface area (Å²) in [6.45, 7) is -0.0270. The molecule has 3 amide bonds. The summed E-state index contributed by atoms with van der Waals surface area (Å²) >= 11 is 0. The van der Waals surface area contributed by atoms with Gasteiger partial charge in [0.25, 0.3) is 0 Å². The molecule has 0 radical (unpaired) electrons. The second-order valence-electron chi connectivity index (χ2n) is 6.83. The van der Waals surface area contributed by atoms with Gasteiger partial charge in [0.2, 0.25) is 17.7 Å². The van der Waals surface area contributed by atoms with Gasteiger partial charge in [-0.2, -0.15) is 13.2 Å². The molecule has 1 saturated carbocycles. The van der Waals surface area contributed by atoms with Gasteiger partial charge in [-0.3, -0.25) is 30.1 Å². The summed E-state index contributed by atoms with van der Waals surface area (Å²) in [5.74, 6) is -1.50. The third kappa shape index (κ3) is 4.23. The molecule has 3 rings (SSSR count). The van der Waals surface area contributed by atoms with E-state index in [-0.39, 0.29) is 42.3 Å². The second-order valence-corrected chi connectivity index (χ2v) is 6.83. The number of anilines is 1. The minimum Gasteiger partial charge on any atom is -0.299 e. The number of nitrogens with zero attached hydrogens (tertiary/aromatic N) is 1. The first-order chi connectivity index (χ1) is 12.8. The van der Waals surface area contributed by atoms with Gasteiger partial charge < -0.3 is 0 Å². The fourth-order valence-corrected chi connectivity index (χ4v) is 3.64. The maximum absolute atomic E-state index is 12.7. The number of benzene rings is 1. The molecule has 2 N–H and O–H groups in total. The van der Waals surface area contributed by atoms with Crippen molar-refractivity contribution in [2.45, 2.75) is 38.3 Å². The average Bonchev–Trinajstić information content (AvgIpc) is 2.89. The number of hydrogen-bond donors (Lipinski definition) is 2. The number of imide groups is 1. The van der Waals surface area contributed by atoms with Crippen molar-refractivity contribution in [3.8, 4) is 0 Å². The third-order valence-corrected chi connectivity index (χ3v) is 5.03. The molecular weight excluding hydrogens is 363 g/mol. The van der Waals surface area contributed by atoms with Crippen LogP contribution in [0.4, 0.5) is 18.9 Å². The molecule has 0 spiro atoms. The molecule has 2 fully saturated rings. The Morgan fingerprint density at radius 2 is 1.74 bits per heavy atom. The predicted octanol–water partition coefficient (Wildman–Crippen LogP) is 2.71. The highest BCUT2D eigenvalue weighted by Crippen LogP contribution is 2.38. The topological polar surface area (TPSA) is 78.5 Å². The smallest absolute Gasteiger partial charge is 0.299 e. The Morgan fingerprint density at radius 3 is 2.33 bits per heavy atom. The Labute approximate surface area is 154 Å². The quantitative estimate of drug-likeness (QED) is 0.605. The van der Waals surface area contributed by atoms with Crippen molar-refractivity contribution in [3.05, 3.63) is 29.8 Å². The Kier molecular flexibility index (Phi) is 5.38. The van der Waals surface area contributed by atoms with Gasteiger partial charge in [0, 0.05) is 13.0 Å². The standard InChI is InChI=1S/C18H20F3N3O3/c19-18(20,21)11-4-3-5-12(10-11)22-23-15(25)8-9-24-16(26)13-6-1-2-7-14(13)17(24)27/h3-5,10,13-14,22H,1-2,6-9H2,(H,23,25). The number of carbonyl (C=O) groups excluding carboxylic acids is 3. The number of alkyl halides is 3. The lowest BCUT2D eigenvalue weighted by Gasteiger charge is -2.19. The van der Waals surface area contributed by atoms with Gasteiger partial charge in [-0.15, -0.1) is 0 Å². The zero-order chi connectivity index (χ0) is 19.6. The summed E-state index contributed by atoms with van der Waals surface area (Å²) < 4.78 is 38.0. The van der Waals surface area contributed by atoms with Crippen molar-refractivity contribution >= 4 is 23.4 Å². The van der Waals surface area contributed by atoms with Crippen molar-refractivity contribution in [1.82, 2.24) is 10.3 Å². The molecule has 1 aliphatic heterocycles. The highest BCUT2D eigenvalue weighted by Gasteiger charge is 2.47. The fourth-order valence-electron chi connectivity index (χ4n) is 3.64. The number of fused-ring (bicyclic) bond motifs is 1. The van der Waals surface area contributed by atoms with Gasteiger partial charge in [-0.1, -0.05) is 18.9 Å². The molecule has 6 nitrogen and oxygen atoms in total. The lowest BCUT2D eigenvalue weighted by molar-refractivity contribution is -0.140. The summed E-state index contributed by atoms with van der Waals surface area (Å²) in [5.41, 5.74) is 3.95. The number of rotatable bonds is 5. The van der Waals surface area contributed by atoms with Crippen LogP contribution in [-0.4, -0.2) is 29.2 Å². The molecule has 1 saturated heterocycles. The number of likely N-dealkylation sites (tertiary alicyclic amines) is 1. The van der Waals surface area contributed by atoms with Crippen LogP contribution in [0.5, 0.6) is 0 Å². The lowest BCUT2D eigenvalue weighted by atomic mass is 9.81. The zero-order valence-electron chi connectivity index (χ0n) is 14.5. The molecule has 1 aromatic rings. The van der Waals surface area contributed by atoms with E-state index in [9.17, 15) is 27.6 Å². The van der Waals surface area contributed by atoms with E-state index in [1.54, 1.807) is 0 Å². The maximum atomic E-state index is 12.7. The molecule has 1 aromatic carbocycles. The lowest BCUT2D eigenvalue weighted by Crippen LogP contribution is -2.37. The van der Waals surface area contributed by atoms with Crippen LogP contribution in [0.25, 0.3) is 0 Å². The van der Waals surface area contributed by atoms with Crippen LogP contribution in [0.3, 0.4) is 0 Å². The number of carbonyl (C=O) groups is 3. The van der Waals surface area contributed by atoms with Gasteiger partial charge in [-0.25, -0.2) is 0 Å². The van der Waals surface area contributed by atoms with Crippen LogP contribution in [0.1, 0.15) is 37.7 Å². The zero-order valence-corrected chi connectivity index (χ0v) is 14.5. The minimum absolute atomic E-state index is 0.0270. The summed E-state index contributed by atoms with van der Waals surface area (Å²) in [6, 6.07) is 4.41. The van der Waals surface area contributed by atoms with Crippen molar-refractivity contribution in [2.24, 2.45) is 11.8 Å². The van der Waals surface area contributed by atoms with Gasteiger partial charge in [-0.05, 0) is 31.0 Å². The Morgan fingerprint density at radius 1 is 1.11 bits per heavy atom. The highest BCUT2D eigenvalue weighted by atomic mass is 19.4. The molecule has 9 heteroatoms. The molecule has 0 aromatic heterocycles. The number of hydrogen-bond acceptors (Lipinski definition) is 4. The number of nitrogens with one attached hydrogen (secondary N) is 2. The summed E-state index contributed by atoms with van der Waals surface area (Å²) in [4.78, 5) is 37.7. The SMILES string of the molecule is O=C(CCN1C(=O)C2CCCCC2C1=O)NNc1cccc(C(F)(F)F)c1. The summed E-state index contributed by atoms with van der Waals surface area (Å²) in [6.07, 6.45) is -1.34. The van der Waals surface area contributed by atoms with E-state index in [0.717, 1.165) is 29.9 Å². The molecule has 2 atom stereocenters. The molecular formula is C18H20F3N3O3. The minimum atomic E-state index is -4.48. The third-order valence-electron chi connectivity index (χ3n) is 5.03. The van der Waals surface area contributed by atoms with E-state index < -0.39 is 17.6 Å². The van der Waals surface area contributed by atoms with Crippen LogP contribution in [0.15, 0.2) is 24.3 Å². The Hall–Kier alpha value is -2.58. The monoisotopic (exact) mass is 383 g/mol.